The Labute approximate surface area is 128 Å². The van der Waals surface area contributed by atoms with Gasteiger partial charge in [-0.05, 0) is 51.9 Å². The molecule has 2 unspecified atom stereocenters. The van der Waals surface area contributed by atoms with Gasteiger partial charge in [0.05, 0.1) is 6.04 Å². The lowest BCUT2D eigenvalue weighted by Crippen LogP contribution is -2.61. The summed E-state index contributed by atoms with van der Waals surface area (Å²) in [7, 11) is 0. The van der Waals surface area contributed by atoms with Crippen molar-refractivity contribution in [2.75, 3.05) is 0 Å². The fourth-order valence-electron chi connectivity index (χ4n) is 4.92. The zero-order valence-corrected chi connectivity index (χ0v) is 13.9. The minimum Gasteiger partial charge on any atom is -0.305 e. The molecule has 21 heavy (non-hydrogen) atoms. The quantitative estimate of drug-likeness (QED) is 0.868. The van der Waals surface area contributed by atoms with Crippen LogP contribution < -0.4 is 5.32 Å². The number of rotatable bonds is 3. The van der Waals surface area contributed by atoms with Crippen molar-refractivity contribution in [2.24, 2.45) is 16.2 Å². The molecule has 2 atom stereocenters. The number of carbonyl (C=O) groups excluding carboxylic acids is 2. The second-order valence-corrected chi connectivity index (χ2v) is 8.86. The first-order chi connectivity index (χ1) is 9.69. The molecule has 3 aliphatic carbocycles. The first-order valence-corrected chi connectivity index (χ1v) is 8.54. The van der Waals surface area contributed by atoms with Gasteiger partial charge in [-0.3, -0.25) is 9.59 Å². The van der Waals surface area contributed by atoms with Gasteiger partial charge in [-0.2, -0.15) is 0 Å². The maximum absolute atomic E-state index is 12.8. The molecule has 2 bridgehead atoms. The highest BCUT2D eigenvalue weighted by Gasteiger charge is 2.57. The van der Waals surface area contributed by atoms with Crippen molar-refractivity contribution in [3.05, 3.63) is 0 Å². The fourth-order valence-corrected chi connectivity index (χ4v) is 4.92. The average Bonchev–Trinajstić information content (AvgIpc) is 2.43. The molecule has 0 spiro atoms. The van der Waals surface area contributed by atoms with Crippen LogP contribution in [-0.4, -0.2) is 23.7 Å². The van der Waals surface area contributed by atoms with E-state index in [-0.39, 0.29) is 22.3 Å². The van der Waals surface area contributed by atoms with Crippen LogP contribution in [-0.2, 0) is 9.59 Å². The summed E-state index contributed by atoms with van der Waals surface area (Å²) < 4.78 is 0. The molecular formula is C18H29NO2. The van der Waals surface area contributed by atoms with Gasteiger partial charge in [0, 0.05) is 22.3 Å². The molecular weight excluding hydrogens is 262 g/mol. The summed E-state index contributed by atoms with van der Waals surface area (Å²) in [6, 6.07) is 0.577. The molecule has 0 aromatic carbocycles. The van der Waals surface area contributed by atoms with E-state index in [1.807, 2.05) is 20.8 Å². The molecule has 3 saturated carbocycles. The third kappa shape index (κ3) is 2.28. The van der Waals surface area contributed by atoms with Gasteiger partial charge in [0.15, 0.2) is 5.78 Å². The molecule has 1 N–H and O–H groups in total. The van der Waals surface area contributed by atoms with Crippen molar-refractivity contribution in [1.29, 1.82) is 0 Å². The van der Waals surface area contributed by atoms with Gasteiger partial charge in [0.1, 0.15) is 5.78 Å². The first-order valence-electron chi connectivity index (χ1n) is 8.54. The maximum Gasteiger partial charge on any atom is 0.155 e. The zero-order valence-electron chi connectivity index (χ0n) is 13.9. The van der Waals surface area contributed by atoms with Crippen LogP contribution in [0.1, 0.15) is 72.6 Å². The van der Waals surface area contributed by atoms with Crippen LogP contribution in [0.2, 0.25) is 0 Å². The van der Waals surface area contributed by atoms with E-state index in [0.717, 1.165) is 44.9 Å². The summed E-state index contributed by atoms with van der Waals surface area (Å²) in [5.74, 6) is 0.864. The smallest absolute Gasteiger partial charge is 0.155 e. The molecule has 4 aliphatic rings. The number of ketones is 2. The monoisotopic (exact) mass is 291 g/mol. The summed E-state index contributed by atoms with van der Waals surface area (Å²) in [5, 5.41) is 3.36. The summed E-state index contributed by atoms with van der Waals surface area (Å²) in [6.07, 6.45) is 6.57. The molecule has 4 rings (SSSR count). The predicted octanol–water partition coefficient (Wildman–Crippen LogP) is 3.26. The first kappa shape index (κ1) is 15.2. The van der Waals surface area contributed by atoms with Crippen LogP contribution in [0.3, 0.4) is 0 Å². The Morgan fingerprint density at radius 1 is 0.952 bits per heavy atom. The van der Waals surface area contributed by atoms with E-state index in [1.54, 1.807) is 0 Å². The van der Waals surface area contributed by atoms with Crippen molar-refractivity contribution in [3.63, 3.8) is 0 Å². The topological polar surface area (TPSA) is 46.2 Å². The van der Waals surface area contributed by atoms with Crippen molar-refractivity contribution < 1.29 is 9.59 Å². The summed E-state index contributed by atoms with van der Waals surface area (Å²) in [5.41, 5.74) is -0.495. The van der Waals surface area contributed by atoms with Gasteiger partial charge >= 0.3 is 0 Å². The van der Waals surface area contributed by atoms with Gasteiger partial charge in [-0.1, -0.05) is 20.8 Å². The highest BCUT2D eigenvalue weighted by molar-refractivity contribution is 5.93. The van der Waals surface area contributed by atoms with Gasteiger partial charge in [0.25, 0.3) is 0 Å². The molecule has 3 heteroatoms. The molecule has 4 fully saturated rings. The molecule has 1 saturated heterocycles. The molecule has 0 aromatic rings. The third-order valence-electron chi connectivity index (χ3n) is 6.32. The van der Waals surface area contributed by atoms with Crippen LogP contribution in [0, 0.1) is 16.2 Å². The van der Waals surface area contributed by atoms with Gasteiger partial charge in [-0.15, -0.1) is 0 Å². The average molecular weight is 291 g/mol. The van der Waals surface area contributed by atoms with Crippen molar-refractivity contribution in [2.45, 2.75) is 84.7 Å². The molecule has 0 radical (unpaired) electrons. The predicted molar refractivity (Wildman–Crippen MR) is 83.0 cm³/mol. The number of hydrogen-bond donors (Lipinski definition) is 1. The minimum absolute atomic E-state index is 0.0870. The second-order valence-electron chi connectivity index (χ2n) is 8.86. The Kier molecular flexibility index (Phi) is 3.36. The van der Waals surface area contributed by atoms with E-state index in [0.29, 0.717) is 17.6 Å². The molecule has 0 aromatic heterocycles. The van der Waals surface area contributed by atoms with E-state index >= 15 is 0 Å². The number of fused-ring (bicyclic) bond motifs is 3. The van der Waals surface area contributed by atoms with Crippen LogP contribution in [0.15, 0.2) is 0 Å². The molecule has 118 valence electrons. The normalized spacial score (nSPS) is 42.5. The number of Topliss-reactive ketones (excluding diaryl/α,β-unsaturated/α-hetero) is 2. The van der Waals surface area contributed by atoms with Crippen LogP contribution in [0.5, 0.6) is 0 Å². The Balaban J connectivity index is 1.72. The number of nitrogens with one attached hydrogen (secondary N) is 1. The fraction of sp³-hybridized carbons (Fsp3) is 0.889. The highest BCUT2D eigenvalue weighted by Crippen LogP contribution is 2.59. The maximum atomic E-state index is 12.8. The standard InChI is InChI=1S/C18H29NO2/c1-12-11-13(19-12)14(20)17-5-8-18(9-6-17,10-7-17)15(21)16(2,3)4/h12-13,19H,5-11H2,1-4H3. The Bertz CT molecular complexity index is 444. The van der Waals surface area contributed by atoms with E-state index in [2.05, 4.69) is 12.2 Å². The Morgan fingerprint density at radius 3 is 1.76 bits per heavy atom. The minimum atomic E-state index is -0.258. The lowest BCUT2D eigenvalue weighted by atomic mass is 9.48. The van der Waals surface area contributed by atoms with Crippen LogP contribution >= 0.6 is 0 Å². The van der Waals surface area contributed by atoms with E-state index in [1.165, 1.54) is 0 Å². The number of hydrogen-bond acceptors (Lipinski definition) is 3. The van der Waals surface area contributed by atoms with Crippen molar-refractivity contribution in [1.82, 2.24) is 5.32 Å². The van der Waals surface area contributed by atoms with Gasteiger partial charge in [0.2, 0.25) is 0 Å². The summed E-state index contributed by atoms with van der Waals surface area (Å²) in [4.78, 5) is 25.6. The Hall–Kier alpha value is -0.700. The van der Waals surface area contributed by atoms with Crippen LogP contribution in [0.4, 0.5) is 0 Å². The molecule has 1 heterocycles. The molecule has 1 aliphatic heterocycles. The highest BCUT2D eigenvalue weighted by atomic mass is 16.1. The van der Waals surface area contributed by atoms with Crippen LogP contribution in [0.25, 0.3) is 0 Å². The van der Waals surface area contributed by atoms with Gasteiger partial charge in [-0.25, -0.2) is 0 Å². The van der Waals surface area contributed by atoms with Crippen molar-refractivity contribution >= 4 is 11.6 Å². The Morgan fingerprint density at radius 2 is 1.38 bits per heavy atom. The van der Waals surface area contributed by atoms with Gasteiger partial charge < -0.3 is 5.32 Å². The summed E-state index contributed by atoms with van der Waals surface area (Å²) in [6.45, 7) is 8.23. The zero-order chi connectivity index (χ0) is 15.5. The third-order valence-corrected chi connectivity index (χ3v) is 6.32. The van der Waals surface area contributed by atoms with E-state index < -0.39 is 0 Å². The van der Waals surface area contributed by atoms with E-state index in [9.17, 15) is 9.59 Å². The lowest BCUT2D eigenvalue weighted by molar-refractivity contribution is -0.155. The SMILES string of the molecule is CC1CC(C(=O)C23CCC(C(=O)C(C)(C)C)(CC2)CC3)N1. The van der Waals surface area contributed by atoms with E-state index in [4.69, 9.17) is 0 Å². The molecule has 0 amide bonds. The van der Waals surface area contributed by atoms with Crippen molar-refractivity contribution in [3.8, 4) is 0 Å². The summed E-state index contributed by atoms with van der Waals surface area (Å²) >= 11 is 0. The lowest BCUT2D eigenvalue weighted by Gasteiger charge is -2.55. The largest absolute Gasteiger partial charge is 0.305 e. The molecule has 3 nitrogen and oxygen atoms in total. The number of carbonyl (C=O) groups is 2. The second kappa shape index (κ2) is 4.65.